The van der Waals surface area contributed by atoms with Gasteiger partial charge in [0.25, 0.3) is 5.91 Å². The van der Waals surface area contributed by atoms with Crippen LogP contribution in [0.4, 0.5) is 0 Å². The molecule has 0 spiro atoms. The topological polar surface area (TPSA) is 67.8 Å². The molecule has 0 radical (unpaired) electrons. The van der Waals surface area contributed by atoms with Crippen LogP contribution in [0.15, 0.2) is 71.8 Å². The number of hydrogen-bond acceptors (Lipinski definition) is 4. The van der Waals surface area contributed by atoms with E-state index < -0.39 is 5.97 Å². The maximum atomic E-state index is 12.3. The quantitative estimate of drug-likeness (QED) is 0.207. The number of hydrogen-bond donors (Lipinski definition) is 1. The Morgan fingerprint density at radius 3 is 2.19 bits per heavy atom. The van der Waals surface area contributed by atoms with Gasteiger partial charge in [0.15, 0.2) is 0 Å². The molecule has 0 fully saturated rings. The maximum absolute atomic E-state index is 12.3. The Hall–Kier alpha value is -3.15. The molecule has 7 heteroatoms. The van der Waals surface area contributed by atoms with Gasteiger partial charge in [-0.25, -0.2) is 10.2 Å². The summed E-state index contributed by atoms with van der Waals surface area (Å²) in [6.07, 6.45) is 1.50. The molecule has 1 amide bonds. The fourth-order valence-corrected chi connectivity index (χ4v) is 3.28. The Balaban J connectivity index is 1.57. The molecule has 164 valence electrons. The second kappa shape index (κ2) is 9.98. The molecule has 3 aromatic rings. The lowest BCUT2D eigenvalue weighted by atomic mass is 9.87. The largest absolute Gasteiger partial charge is 0.423 e. The Kier molecular flexibility index (Phi) is 7.33. The molecule has 32 heavy (non-hydrogen) atoms. The second-order valence-corrected chi connectivity index (χ2v) is 8.95. The monoisotopic (exact) mass is 468 g/mol. The number of amides is 1. The fourth-order valence-electron chi connectivity index (χ4n) is 2.79. The van der Waals surface area contributed by atoms with Crippen molar-refractivity contribution in [2.75, 3.05) is 0 Å². The van der Waals surface area contributed by atoms with Crippen molar-refractivity contribution in [3.63, 3.8) is 0 Å². The first-order chi connectivity index (χ1) is 15.1. The van der Waals surface area contributed by atoms with Crippen molar-refractivity contribution in [3.8, 4) is 5.75 Å². The number of ether oxygens (including phenoxy) is 1. The summed E-state index contributed by atoms with van der Waals surface area (Å²) >= 11 is 11.9. The van der Waals surface area contributed by atoms with Gasteiger partial charge in [0.2, 0.25) is 0 Å². The Labute approximate surface area is 197 Å². The lowest BCUT2D eigenvalue weighted by Crippen LogP contribution is -2.18. The smallest absolute Gasteiger partial charge is 0.345 e. The van der Waals surface area contributed by atoms with Crippen LogP contribution in [-0.4, -0.2) is 18.1 Å². The zero-order chi connectivity index (χ0) is 23.3. The van der Waals surface area contributed by atoms with Gasteiger partial charge in [0, 0.05) is 10.6 Å². The highest BCUT2D eigenvalue weighted by Gasteiger charge is 2.14. The van der Waals surface area contributed by atoms with E-state index in [1.807, 2.05) is 12.1 Å². The summed E-state index contributed by atoms with van der Waals surface area (Å²) < 4.78 is 5.33. The van der Waals surface area contributed by atoms with E-state index in [1.165, 1.54) is 18.3 Å². The van der Waals surface area contributed by atoms with Gasteiger partial charge in [-0.2, -0.15) is 5.10 Å². The van der Waals surface area contributed by atoms with Crippen LogP contribution in [0.2, 0.25) is 10.0 Å². The van der Waals surface area contributed by atoms with Crippen LogP contribution in [0.5, 0.6) is 5.75 Å². The second-order valence-electron chi connectivity index (χ2n) is 8.11. The first-order valence-corrected chi connectivity index (χ1v) is 10.6. The number of carbonyl (C=O) groups excluding carboxylic acids is 2. The summed E-state index contributed by atoms with van der Waals surface area (Å²) in [5.41, 5.74) is 5.15. The Bertz CT molecular complexity index is 1150. The van der Waals surface area contributed by atoms with Gasteiger partial charge in [-0.15, -0.1) is 0 Å². The minimum absolute atomic E-state index is 0.0225. The standard InChI is InChI=1S/C25H22Cl2N2O3/c1-25(2,3)18-8-6-17(7-9-18)23(30)29-28-15-16-4-11-20(12-5-16)32-24(31)21-13-10-19(26)14-22(21)27/h4-15H,1-3H3,(H,29,30)/b28-15-. The lowest BCUT2D eigenvalue weighted by molar-refractivity contribution is 0.0734. The number of hydrazone groups is 1. The van der Waals surface area contributed by atoms with Gasteiger partial charge in [-0.3, -0.25) is 4.79 Å². The number of esters is 1. The van der Waals surface area contributed by atoms with Crippen molar-refractivity contribution < 1.29 is 14.3 Å². The van der Waals surface area contributed by atoms with E-state index >= 15 is 0 Å². The van der Waals surface area contributed by atoms with E-state index in [4.69, 9.17) is 27.9 Å². The van der Waals surface area contributed by atoms with E-state index in [0.717, 1.165) is 11.1 Å². The first-order valence-electron chi connectivity index (χ1n) is 9.85. The zero-order valence-electron chi connectivity index (χ0n) is 17.9. The van der Waals surface area contributed by atoms with Crippen LogP contribution in [0, 0.1) is 0 Å². The molecule has 5 nitrogen and oxygen atoms in total. The van der Waals surface area contributed by atoms with Crippen molar-refractivity contribution in [2.45, 2.75) is 26.2 Å². The van der Waals surface area contributed by atoms with Crippen LogP contribution >= 0.6 is 23.2 Å². The number of benzene rings is 3. The molecule has 3 aromatic carbocycles. The van der Waals surface area contributed by atoms with Crippen LogP contribution in [0.1, 0.15) is 52.6 Å². The summed E-state index contributed by atoms with van der Waals surface area (Å²) in [6, 6.07) is 18.7. The van der Waals surface area contributed by atoms with Gasteiger partial charge >= 0.3 is 5.97 Å². The number of nitrogens with one attached hydrogen (secondary N) is 1. The van der Waals surface area contributed by atoms with Gasteiger partial charge < -0.3 is 4.74 Å². The highest BCUT2D eigenvalue weighted by molar-refractivity contribution is 6.36. The molecule has 0 aromatic heterocycles. The highest BCUT2D eigenvalue weighted by atomic mass is 35.5. The van der Waals surface area contributed by atoms with E-state index in [-0.39, 0.29) is 21.9 Å². The fraction of sp³-hybridized carbons (Fsp3) is 0.160. The molecule has 0 atom stereocenters. The van der Waals surface area contributed by atoms with Crippen molar-refractivity contribution in [1.82, 2.24) is 5.43 Å². The third kappa shape index (κ3) is 6.19. The summed E-state index contributed by atoms with van der Waals surface area (Å²) in [6.45, 7) is 6.35. The highest BCUT2D eigenvalue weighted by Crippen LogP contribution is 2.23. The SMILES string of the molecule is CC(C)(C)c1ccc(C(=O)N/N=C\c2ccc(OC(=O)c3ccc(Cl)cc3Cl)cc2)cc1. The van der Waals surface area contributed by atoms with E-state index in [2.05, 4.69) is 31.3 Å². The minimum atomic E-state index is -0.585. The molecule has 0 saturated carbocycles. The average molecular weight is 469 g/mol. The molecule has 3 rings (SSSR count). The predicted molar refractivity (Wildman–Crippen MR) is 128 cm³/mol. The number of rotatable bonds is 5. The normalized spacial score (nSPS) is 11.4. The minimum Gasteiger partial charge on any atom is -0.423 e. The summed E-state index contributed by atoms with van der Waals surface area (Å²) in [5.74, 6) is -0.536. The van der Waals surface area contributed by atoms with E-state index in [1.54, 1.807) is 42.5 Å². The van der Waals surface area contributed by atoms with E-state index in [9.17, 15) is 9.59 Å². The molecular weight excluding hydrogens is 447 g/mol. The molecule has 0 saturated heterocycles. The van der Waals surface area contributed by atoms with Crippen LogP contribution in [0.25, 0.3) is 0 Å². The maximum Gasteiger partial charge on any atom is 0.345 e. The lowest BCUT2D eigenvalue weighted by Gasteiger charge is -2.18. The van der Waals surface area contributed by atoms with Crippen LogP contribution in [0.3, 0.4) is 0 Å². The summed E-state index contributed by atoms with van der Waals surface area (Å²) in [7, 11) is 0. The molecular formula is C25H22Cl2N2O3. The van der Waals surface area contributed by atoms with Gasteiger partial charge in [0.1, 0.15) is 5.75 Å². The van der Waals surface area contributed by atoms with Crippen molar-refractivity contribution in [1.29, 1.82) is 0 Å². The number of halogens is 2. The van der Waals surface area contributed by atoms with Gasteiger partial charge in [-0.05, 0) is 71.1 Å². The summed E-state index contributed by atoms with van der Waals surface area (Å²) in [5, 5.41) is 4.64. The molecule has 0 heterocycles. The molecule has 0 bridgehead atoms. The molecule has 0 aliphatic heterocycles. The van der Waals surface area contributed by atoms with Gasteiger partial charge in [0.05, 0.1) is 16.8 Å². The zero-order valence-corrected chi connectivity index (χ0v) is 19.4. The van der Waals surface area contributed by atoms with Crippen molar-refractivity contribution >= 4 is 41.3 Å². The first kappa shape index (κ1) is 23.5. The van der Waals surface area contributed by atoms with Crippen molar-refractivity contribution in [3.05, 3.63) is 99.0 Å². The Morgan fingerprint density at radius 2 is 1.59 bits per heavy atom. The number of carbonyl (C=O) groups is 2. The predicted octanol–water partition coefficient (Wildman–Crippen LogP) is 6.27. The van der Waals surface area contributed by atoms with Crippen LogP contribution in [-0.2, 0) is 5.41 Å². The molecule has 0 aliphatic carbocycles. The molecule has 0 unspecified atom stereocenters. The average Bonchev–Trinajstić information content (AvgIpc) is 2.74. The molecule has 0 aliphatic rings. The third-order valence-corrected chi connectivity index (χ3v) is 5.18. The Morgan fingerprint density at radius 1 is 0.938 bits per heavy atom. The van der Waals surface area contributed by atoms with Gasteiger partial charge in [-0.1, -0.05) is 56.1 Å². The van der Waals surface area contributed by atoms with Crippen molar-refractivity contribution in [2.24, 2.45) is 5.10 Å². The number of nitrogens with zero attached hydrogens (tertiary/aromatic N) is 1. The van der Waals surface area contributed by atoms with E-state index in [0.29, 0.717) is 16.3 Å². The summed E-state index contributed by atoms with van der Waals surface area (Å²) in [4.78, 5) is 24.5. The van der Waals surface area contributed by atoms with Crippen LogP contribution < -0.4 is 10.2 Å². The molecule has 1 N–H and O–H groups in total. The third-order valence-electron chi connectivity index (χ3n) is 4.63.